The Morgan fingerprint density at radius 3 is 1.25 bits per heavy atom. The van der Waals surface area contributed by atoms with E-state index in [-0.39, 0.29) is 31.7 Å². The van der Waals surface area contributed by atoms with E-state index in [2.05, 4.69) is 10.0 Å². The number of hydrogen-bond acceptors (Lipinski definition) is 0. The first-order valence-corrected chi connectivity index (χ1v) is 1.96. The van der Waals surface area contributed by atoms with Crippen molar-refractivity contribution in [3.63, 3.8) is 0 Å². The number of rotatable bonds is 0. The molecule has 0 spiro atoms. The molecule has 0 unspecified atom stereocenters. The molecule has 22 valence electrons. The van der Waals surface area contributed by atoms with E-state index in [1.165, 1.54) is 0 Å². The molecule has 1 nitrogen and oxygen atoms in total. The average Bonchev–Trinajstić information content (AvgIpc) is 1.00. The Labute approximate surface area is 56.8 Å². The maximum Gasteiger partial charge on any atom is 0.293 e. The molecule has 0 aromatic rings. The van der Waals surface area contributed by atoms with Crippen LogP contribution in [0.15, 0.2) is 0 Å². The molecular formula is H2AlClOZr. The molecule has 0 aromatic carbocycles. The summed E-state index contributed by atoms with van der Waals surface area (Å²) in [5.41, 5.74) is 0. The molecule has 4 heavy (non-hydrogen) atoms. The van der Waals surface area contributed by atoms with Crippen molar-refractivity contribution < 1.29 is 31.7 Å². The number of hydrogen-bond donors (Lipinski definition) is 0. The van der Waals surface area contributed by atoms with Crippen LogP contribution in [-0.4, -0.2) is 20.8 Å². The second kappa shape index (κ2) is 22.6. The van der Waals surface area contributed by atoms with Crippen LogP contribution >= 0.6 is 10.0 Å². The minimum absolute atomic E-state index is 0. The molecule has 0 saturated heterocycles. The van der Waals surface area contributed by atoms with E-state index in [0.29, 0.717) is 0 Å². The van der Waals surface area contributed by atoms with E-state index < -0.39 is 0 Å². The Hall–Kier alpha value is 1.67. The topological polar surface area (TPSA) is 31.5 Å². The minimum atomic E-state index is 0. The molecule has 0 amide bonds. The zero-order valence-corrected chi connectivity index (χ0v) is 6.32. The molecule has 0 aliphatic rings. The first-order valence-electron chi connectivity index (χ1n) is 0.218. The fourth-order valence-corrected chi connectivity index (χ4v) is 0. The normalized spacial score (nSPS) is 1.25. The first kappa shape index (κ1) is 17.4. The predicted molar refractivity (Wildman–Crippen MR) is 15.2 cm³/mol. The van der Waals surface area contributed by atoms with E-state index >= 15 is 0 Å². The van der Waals surface area contributed by atoms with Gasteiger partial charge in [-0.2, -0.15) is 0 Å². The van der Waals surface area contributed by atoms with E-state index in [1.54, 1.807) is 0 Å². The van der Waals surface area contributed by atoms with Gasteiger partial charge in [-0.25, -0.2) is 0 Å². The molecule has 2 N–H and O–H groups in total. The molecule has 0 aliphatic heterocycles. The standard InChI is InChI=1S/Al.ClH.H2O.Zr/h;1H;1H2;/q+1;;;/p-1. The zero-order valence-electron chi connectivity index (χ0n) is 1.96. The zero-order chi connectivity index (χ0) is 2.00. The van der Waals surface area contributed by atoms with Crippen molar-refractivity contribution in [1.82, 2.24) is 0 Å². The van der Waals surface area contributed by atoms with Crippen LogP contribution in [0.5, 0.6) is 0 Å². The summed E-state index contributed by atoms with van der Waals surface area (Å²) in [6.45, 7) is 0. The molecule has 0 rings (SSSR count). The maximum absolute atomic E-state index is 4.56. The molecule has 0 atom stereocenters. The fraction of sp³-hybridized carbons (Fsp3) is 0. The third kappa shape index (κ3) is 9.39. The maximum atomic E-state index is 4.56. The van der Waals surface area contributed by atoms with Gasteiger partial charge in [0.2, 0.25) is 0 Å². The van der Waals surface area contributed by atoms with E-state index in [4.69, 9.17) is 0 Å². The van der Waals surface area contributed by atoms with Gasteiger partial charge in [0.05, 0.1) is 0 Å². The summed E-state index contributed by atoms with van der Waals surface area (Å²) in [6, 6.07) is 0. The van der Waals surface area contributed by atoms with Gasteiger partial charge in [0.15, 0.2) is 0 Å². The predicted octanol–water partition coefficient (Wildman–Crippen LogP) is -0.518. The second-order valence-corrected chi connectivity index (χ2v) is 0. The van der Waals surface area contributed by atoms with Crippen molar-refractivity contribution in [2.24, 2.45) is 0 Å². The van der Waals surface area contributed by atoms with Crippen molar-refractivity contribution in [3.8, 4) is 0 Å². The van der Waals surface area contributed by atoms with Crippen LogP contribution in [0.1, 0.15) is 0 Å². The van der Waals surface area contributed by atoms with Gasteiger partial charge >= 0.3 is 0 Å². The molecule has 0 fully saturated rings. The molecule has 0 aliphatic carbocycles. The quantitative estimate of drug-likeness (QED) is 0.440. The molecule has 0 saturated carbocycles. The monoisotopic (exact) mass is 170 g/mol. The van der Waals surface area contributed by atoms with Gasteiger partial charge in [-0.15, -0.1) is 0 Å². The van der Waals surface area contributed by atoms with Crippen molar-refractivity contribution in [2.75, 3.05) is 0 Å². The molecule has 2 radical (unpaired) electrons. The summed E-state index contributed by atoms with van der Waals surface area (Å²) in [5.74, 6) is 0. The van der Waals surface area contributed by atoms with Crippen LogP contribution in [0.4, 0.5) is 0 Å². The summed E-state index contributed by atoms with van der Waals surface area (Å²) < 4.78 is 0. The molecule has 4 heteroatoms. The third-order valence-corrected chi connectivity index (χ3v) is 0. The summed E-state index contributed by atoms with van der Waals surface area (Å²) in [6.07, 6.45) is 0. The van der Waals surface area contributed by atoms with Crippen molar-refractivity contribution in [1.29, 1.82) is 0 Å². The summed E-state index contributed by atoms with van der Waals surface area (Å²) in [4.78, 5) is 0. The van der Waals surface area contributed by atoms with Crippen LogP contribution < -0.4 is 0 Å². The van der Waals surface area contributed by atoms with E-state index in [1.807, 2.05) is 15.4 Å². The third-order valence-electron chi connectivity index (χ3n) is 0. The van der Waals surface area contributed by atoms with E-state index in [0.717, 1.165) is 0 Å². The molecule has 0 heterocycles. The van der Waals surface area contributed by atoms with Crippen LogP contribution in [0, 0.1) is 0 Å². The Morgan fingerprint density at radius 2 is 1.25 bits per heavy atom. The largest absolute Gasteiger partial charge is 0.412 e. The molecule has 0 bridgehead atoms. The smallest absolute Gasteiger partial charge is 0.293 e. The van der Waals surface area contributed by atoms with Crippen LogP contribution in [0.3, 0.4) is 0 Å². The van der Waals surface area contributed by atoms with Crippen molar-refractivity contribution >= 4 is 25.4 Å². The van der Waals surface area contributed by atoms with Crippen LogP contribution in [0.2, 0.25) is 0 Å². The summed E-state index contributed by atoms with van der Waals surface area (Å²) in [5, 5.41) is 0. The van der Waals surface area contributed by atoms with E-state index in [9.17, 15) is 0 Å². The van der Waals surface area contributed by atoms with Gasteiger partial charge in [-0.3, -0.25) is 10.0 Å². The molecular weight excluding hydrogens is 170 g/mol. The van der Waals surface area contributed by atoms with Crippen LogP contribution in [0.25, 0.3) is 0 Å². The average molecular weight is 172 g/mol. The van der Waals surface area contributed by atoms with Gasteiger partial charge in [-0.1, -0.05) is 0 Å². The van der Waals surface area contributed by atoms with Gasteiger partial charge < -0.3 is 5.48 Å². The van der Waals surface area contributed by atoms with Gasteiger partial charge in [0, 0.05) is 26.2 Å². The van der Waals surface area contributed by atoms with Crippen molar-refractivity contribution in [3.05, 3.63) is 0 Å². The second-order valence-electron chi connectivity index (χ2n) is 0. The van der Waals surface area contributed by atoms with Gasteiger partial charge in [-0.05, 0) is 0 Å². The van der Waals surface area contributed by atoms with Gasteiger partial charge in [0.25, 0.3) is 15.4 Å². The Kier molecular flexibility index (Phi) is 98.1. The summed E-state index contributed by atoms with van der Waals surface area (Å²) in [7, 11) is 4.56. The van der Waals surface area contributed by atoms with Gasteiger partial charge in [0.1, 0.15) is 0 Å². The summed E-state index contributed by atoms with van der Waals surface area (Å²) >= 11 is 1.89. The Bertz CT molecular complexity index is 8.00. The van der Waals surface area contributed by atoms with Crippen LogP contribution in [-0.2, 0) is 26.2 Å². The minimum Gasteiger partial charge on any atom is -0.412 e. The first-order chi connectivity index (χ1) is 1.00. The van der Waals surface area contributed by atoms with Crippen molar-refractivity contribution in [2.45, 2.75) is 0 Å². The number of halogens is 1. The fourth-order valence-electron chi connectivity index (χ4n) is 0. The Morgan fingerprint density at radius 1 is 1.25 bits per heavy atom. The SMILES string of the molecule is O.[Al][Cl].[Zr]. The molecule has 0 aromatic heterocycles. The Balaban J connectivity index is -0.00000000500.